The van der Waals surface area contributed by atoms with Gasteiger partial charge in [0.1, 0.15) is 17.1 Å². The van der Waals surface area contributed by atoms with Crippen LogP contribution in [0.2, 0.25) is 0 Å². The number of ether oxygens (including phenoxy) is 1. The molecule has 0 saturated carbocycles. The lowest BCUT2D eigenvalue weighted by Gasteiger charge is -2.35. The van der Waals surface area contributed by atoms with Gasteiger partial charge >= 0.3 is 12.1 Å². The van der Waals surface area contributed by atoms with Crippen LogP contribution in [0.25, 0.3) is 10.9 Å². The number of carboxylic acids is 1. The molecule has 1 aliphatic rings. The number of nitrogens with one attached hydrogen (secondary N) is 1. The highest BCUT2D eigenvalue weighted by Gasteiger charge is 2.29. The summed E-state index contributed by atoms with van der Waals surface area (Å²) < 4.78 is 42.6. The van der Waals surface area contributed by atoms with Crippen LogP contribution < -0.4 is 10.5 Å². The number of carbonyl (C=O) groups is 1. The lowest BCUT2D eigenvalue weighted by molar-refractivity contribution is -0.138. The summed E-state index contributed by atoms with van der Waals surface area (Å²) in [6, 6.07) is 7.03. The SMILES string of the molecule is CC.COc1cc(C)c2[nH]ccc2c1CN1CCN(CCC(F)(F)F)CC1.Nc1ncccc1C(=O)O. The number of nitrogens with zero attached hydrogens (tertiary/aromatic N) is 3. The Morgan fingerprint density at radius 1 is 1.19 bits per heavy atom. The Balaban J connectivity index is 0.000000336. The van der Waals surface area contributed by atoms with Gasteiger partial charge in [-0.05, 0) is 36.8 Å². The zero-order chi connectivity index (χ0) is 27.6. The number of piperazine rings is 1. The van der Waals surface area contributed by atoms with Gasteiger partial charge in [-0.3, -0.25) is 4.90 Å². The quantitative estimate of drug-likeness (QED) is 0.420. The molecule has 204 valence electrons. The highest BCUT2D eigenvalue weighted by molar-refractivity contribution is 5.92. The topological polar surface area (TPSA) is 108 Å². The van der Waals surface area contributed by atoms with Crippen molar-refractivity contribution in [2.45, 2.75) is 39.9 Å². The van der Waals surface area contributed by atoms with Crippen LogP contribution in [0.15, 0.2) is 36.7 Å². The fourth-order valence-corrected chi connectivity index (χ4v) is 4.06. The molecule has 0 amide bonds. The van der Waals surface area contributed by atoms with Crippen molar-refractivity contribution in [3.05, 3.63) is 53.3 Å². The number of aromatic amines is 1. The van der Waals surface area contributed by atoms with Gasteiger partial charge in [-0.2, -0.15) is 13.2 Å². The molecule has 0 aliphatic carbocycles. The van der Waals surface area contributed by atoms with Gasteiger partial charge in [0.25, 0.3) is 0 Å². The number of nitrogen functional groups attached to an aromatic ring is 1. The molecular weight excluding hydrogens is 487 g/mol. The van der Waals surface area contributed by atoms with E-state index >= 15 is 0 Å². The van der Waals surface area contributed by atoms with E-state index in [1.165, 1.54) is 18.3 Å². The summed E-state index contributed by atoms with van der Waals surface area (Å²) in [6.45, 7) is 9.74. The van der Waals surface area contributed by atoms with Crippen molar-refractivity contribution in [2.75, 3.05) is 45.6 Å². The summed E-state index contributed by atoms with van der Waals surface area (Å²) >= 11 is 0. The Labute approximate surface area is 215 Å². The number of hydrogen-bond donors (Lipinski definition) is 3. The van der Waals surface area contributed by atoms with Crippen LogP contribution in [-0.4, -0.2) is 76.9 Å². The molecule has 0 atom stereocenters. The molecule has 3 heterocycles. The molecular formula is C26H36F3N5O3. The summed E-state index contributed by atoms with van der Waals surface area (Å²) in [7, 11) is 1.67. The first kappa shape index (κ1) is 29.9. The minimum absolute atomic E-state index is 0.0440. The van der Waals surface area contributed by atoms with Crippen LogP contribution in [0.5, 0.6) is 5.75 Å². The minimum Gasteiger partial charge on any atom is -0.496 e. The molecule has 37 heavy (non-hydrogen) atoms. The van der Waals surface area contributed by atoms with Crippen LogP contribution in [-0.2, 0) is 6.54 Å². The molecule has 0 unspecified atom stereocenters. The molecule has 0 radical (unpaired) electrons. The zero-order valence-corrected chi connectivity index (χ0v) is 21.7. The summed E-state index contributed by atoms with van der Waals surface area (Å²) in [5, 5.41) is 9.60. The molecule has 1 fully saturated rings. The number of halogens is 3. The largest absolute Gasteiger partial charge is 0.496 e. The summed E-state index contributed by atoms with van der Waals surface area (Å²) in [4.78, 5) is 21.3. The number of pyridine rings is 1. The highest BCUT2D eigenvalue weighted by atomic mass is 19.4. The number of alkyl halides is 3. The number of hydrogen-bond acceptors (Lipinski definition) is 6. The molecule has 0 spiro atoms. The number of anilines is 1. The number of aryl methyl sites for hydroxylation is 1. The second-order valence-corrected chi connectivity index (χ2v) is 8.36. The maximum absolute atomic E-state index is 12.4. The highest BCUT2D eigenvalue weighted by Crippen LogP contribution is 2.31. The van der Waals surface area contributed by atoms with E-state index in [9.17, 15) is 18.0 Å². The van der Waals surface area contributed by atoms with Crippen molar-refractivity contribution >= 4 is 22.7 Å². The normalized spacial score (nSPS) is 14.4. The number of methoxy groups -OCH3 is 1. The van der Waals surface area contributed by atoms with E-state index < -0.39 is 18.6 Å². The van der Waals surface area contributed by atoms with Crippen molar-refractivity contribution in [1.82, 2.24) is 19.8 Å². The smallest absolute Gasteiger partial charge is 0.390 e. The number of rotatable bonds is 6. The number of H-pyrrole nitrogens is 1. The van der Waals surface area contributed by atoms with Gasteiger partial charge < -0.3 is 25.5 Å². The van der Waals surface area contributed by atoms with Gasteiger partial charge in [0.05, 0.1) is 13.5 Å². The van der Waals surface area contributed by atoms with Gasteiger partial charge in [0, 0.05) is 68.1 Å². The Hall–Kier alpha value is -3.31. The van der Waals surface area contributed by atoms with Crippen molar-refractivity contribution in [1.29, 1.82) is 0 Å². The summed E-state index contributed by atoms with van der Waals surface area (Å²) in [5.41, 5.74) is 8.65. The number of benzene rings is 1. The van der Waals surface area contributed by atoms with E-state index in [1.807, 2.05) is 37.9 Å². The third-order valence-corrected chi connectivity index (χ3v) is 5.96. The average molecular weight is 524 g/mol. The van der Waals surface area contributed by atoms with Crippen LogP contribution in [0.1, 0.15) is 41.8 Å². The number of fused-ring (bicyclic) bond motifs is 1. The molecule has 4 N–H and O–H groups in total. The Bertz CT molecular complexity index is 1140. The van der Waals surface area contributed by atoms with E-state index in [1.54, 1.807) is 7.11 Å². The number of aromatic nitrogens is 2. The van der Waals surface area contributed by atoms with E-state index in [4.69, 9.17) is 15.6 Å². The second-order valence-electron chi connectivity index (χ2n) is 8.36. The first-order valence-corrected chi connectivity index (χ1v) is 12.2. The first-order chi connectivity index (χ1) is 17.6. The lowest BCUT2D eigenvalue weighted by Crippen LogP contribution is -2.46. The minimum atomic E-state index is -4.08. The standard InChI is InChI=1S/C18H24F3N3O.C6H6N2O2.C2H6/c1-13-11-16(25-2)15(14-3-5-22-17(13)14)12-24-9-7-23(8-10-24)6-4-18(19,20)21;7-5-4(6(9)10)2-1-3-8-5;1-2/h3,5,11,22H,4,6-10,12H2,1-2H3;1-3H,(H2,7,8)(H,9,10);1-2H3. The van der Waals surface area contributed by atoms with Crippen LogP contribution in [0.3, 0.4) is 0 Å². The van der Waals surface area contributed by atoms with Crippen molar-refractivity contribution in [2.24, 2.45) is 0 Å². The zero-order valence-electron chi connectivity index (χ0n) is 21.7. The first-order valence-electron chi connectivity index (χ1n) is 12.2. The van der Waals surface area contributed by atoms with Gasteiger partial charge in [-0.15, -0.1) is 0 Å². The van der Waals surface area contributed by atoms with E-state index in [2.05, 4.69) is 20.9 Å². The Kier molecular flexibility index (Phi) is 11.2. The van der Waals surface area contributed by atoms with E-state index in [0.29, 0.717) is 13.1 Å². The van der Waals surface area contributed by atoms with E-state index in [-0.39, 0.29) is 17.9 Å². The van der Waals surface area contributed by atoms with Gasteiger partial charge in [-0.25, -0.2) is 9.78 Å². The number of carboxylic acid groups (broad SMARTS) is 1. The fourth-order valence-electron chi connectivity index (χ4n) is 4.06. The maximum Gasteiger partial charge on any atom is 0.390 e. The van der Waals surface area contributed by atoms with Gasteiger partial charge in [0.2, 0.25) is 0 Å². The number of aromatic carboxylic acids is 1. The lowest BCUT2D eigenvalue weighted by atomic mass is 10.0. The van der Waals surface area contributed by atoms with Crippen molar-refractivity contribution in [3.63, 3.8) is 0 Å². The molecule has 11 heteroatoms. The predicted octanol–water partition coefficient (Wildman–Crippen LogP) is 4.94. The predicted molar refractivity (Wildman–Crippen MR) is 139 cm³/mol. The van der Waals surface area contributed by atoms with Crippen molar-refractivity contribution < 1.29 is 27.8 Å². The van der Waals surface area contributed by atoms with Crippen LogP contribution in [0.4, 0.5) is 19.0 Å². The number of nitrogens with two attached hydrogens (primary N) is 1. The maximum atomic E-state index is 12.4. The molecule has 1 aliphatic heterocycles. The summed E-state index contributed by atoms with van der Waals surface area (Å²) in [6.07, 6.45) is -1.44. The second kappa shape index (κ2) is 13.8. The van der Waals surface area contributed by atoms with E-state index in [0.717, 1.165) is 47.4 Å². The molecule has 3 aromatic rings. The third kappa shape index (κ3) is 8.64. The molecule has 1 saturated heterocycles. The summed E-state index contributed by atoms with van der Waals surface area (Å²) in [5.74, 6) is -0.135. The van der Waals surface area contributed by atoms with Crippen molar-refractivity contribution in [3.8, 4) is 5.75 Å². The molecule has 2 aromatic heterocycles. The van der Waals surface area contributed by atoms with Crippen LogP contribution >= 0.6 is 0 Å². The van der Waals surface area contributed by atoms with Crippen LogP contribution in [0, 0.1) is 6.92 Å². The van der Waals surface area contributed by atoms with Gasteiger partial charge in [-0.1, -0.05) is 13.8 Å². The molecule has 1 aromatic carbocycles. The molecule has 8 nitrogen and oxygen atoms in total. The molecule has 4 rings (SSSR count). The monoisotopic (exact) mass is 523 g/mol. The average Bonchev–Trinajstić information content (AvgIpc) is 3.37. The Morgan fingerprint density at radius 2 is 1.84 bits per heavy atom. The Morgan fingerprint density at radius 3 is 2.38 bits per heavy atom. The molecule has 0 bridgehead atoms. The van der Waals surface area contributed by atoms with Gasteiger partial charge in [0.15, 0.2) is 0 Å². The third-order valence-electron chi connectivity index (χ3n) is 5.96. The fraction of sp³-hybridized carbons (Fsp3) is 0.462.